The second-order valence-electron chi connectivity index (χ2n) is 5.18. The maximum absolute atomic E-state index is 5.29. The van der Waals surface area contributed by atoms with Crippen molar-refractivity contribution in [2.45, 2.75) is 18.9 Å². The molecule has 1 aliphatic carbocycles. The lowest BCUT2D eigenvalue weighted by Crippen LogP contribution is -2.21. The monoisotopic (exact) mass is 281 g/mol. The molecule has 2 aromatic rings. The Hall–Kier alpha value is -2.63. The number of aromatic nitrogens is 2. The van der Waals surface area contributed by atoms with Gasteiger partial charge >= 0.3 is 0 Å². The Morgan fingerprint density at radius 1 is 1.10 bits per heavy atom. The number of hydrogen-bond acceptors (Lipinski definition) is 6. The van der Waals surface area contributed by atoms with E-state index in [1.54, 1.807) is 12.4 Å². The van der Waals surface area contributed by atoms with E-state index in [0.29, 0.717) is 24.6 Å². The Morgan fingerprint density at radius 3 is 2.43 bits per heavy atom. The molecule has 0 bridgehead atoms. The molecule has 4 rings (SSSR count). The van der Waals surface area contributed by atoms with E-state index in [1.165, 1.54) is 11.1 Å². The van der Waals surface area contributed by atoms with Crippen molar-refractivity contribution in [1.82, 2.24) is 15.4 Å². The van der Waals surface area contributed by atoms with E-state index in [-0.39, 0.29) is 0 Å². The van der Waals surface area contributed by atoms with Crippen LogP contribution in [-0.2, 0) is 17.6 Å². The number of fused-ring (bicyclic) bond motifs is 1. The topological polar surface area (TPSA) is 71.4 Å². The average Bonchev–Trinajstić information content (AvgIpc) is 3.17. The molecule has 0 saturated heterocycles. The maximum Gasteiger partial charge on any atom is 0.242 e. The standard InChI is InChI=1S/C15H15N5O/c1-2-4-11-6-13(5-10(11)3-1)19-15-16-7-12(8-17-15)14-20-18-9-21-14/h1-4,7-8,13,18H,5-6,9H2,(H,16,17,19). The molecule has 0 radical (unpaired) electrons. The fourth-order valence-corrected chi connectivity index (χ4v) is 2.74. The summed E-state index contributed by atoms with van der Waals surface area (Å²) in [5.41, 5.74) is 6.34. The summed E-state index contributed by atoms with van der Waals surface area (Å²) >= 11 is 0. The van der Waals surface area contributed by atoms with Gasteiger partial charge in [0.05, 0.1) is 5.56 Å². The van der Waals surface area contributed by atoms with Crippen LogP contribution in [-0.4, -0.2) is 28.6 Å². The highest BCUT2D eigenvalue weighted by Gasteiger charge is 2.21. The second-order valence-corrected chi connectivity index (χ2v) is 5.18. The van der Waals surface area contributed by atoms with Gasteiger partial charge in [0.1, 0.15) is 0 Å². The van der Waals surface area contributed by atoms with E-state index in [0.717, 1.165) is 18.4 Å². The molecule has 21 heavy (non-hydrogen) atoms. The zero-order valence-electron chi connectivity index (χ0n) is 11.4. The normalized spacial score (nSPS) is 16.9. The van der Waals surface area contributed by atoms with Crippen LogP contribution >= 0.6 is 0 Å². The Kier molecular flexibility index (Phi) is 2.92. The van der Waals surface area contributed by atoms with Crippen LogP contribution in [0.2, 0.25) is 0 Å². The van der Waals surface area contributed by atoms with E-state index >= 15 is 0 Å². The van der Waals surface area contributed by atoms with Gasteiger partial charge in [-0.3, -0.25) is 5.43 Å². The molecule has 0 unspecified atom stereocenters. The van der Waals surface area contributed by atoms with Gasteiger partial charge in [-0.1, -0.05) is 24.3 Å². The molecule has 6 heteroatoms. The van der Waals surface area contributed by atoms with Gasteiger partial charge in [-0.2, -0.15) is 0 Å². The predicted octanol–water partition coefficient (Wildman–Crippen LogP) is 1.29. The van der Waals surface area contributed by atoms with Crippen molar-refractivity contribution in [2.24, 2.45) is 5.10 Å². The van der Waals surface area contributed by atoms with Crippen molar-refractivity contribution < 1.29 is 4.74 Å². The number of anilines is 1. The fraction of sp³-hybridized carbons (Fsp3) is 0.267. The molecule has 2 heterocycles. The first-order valence-electron chi connectivity index (χ1n) is 6.97. The quantitative estimate of drug-likeness (QED) is 0.887. The van der Waals surface area contributed by atoms with Gasteiger partial charge in [0.15, 0.2) is 6.73 Å². The molecule has 0 saturated carbocycles. The SMILES string of the molecule is c1ccc2c(c1)CC(Nc1ncc(C3=NNCO3)cn1)C2. The van der Waals surface area contributed by atoms with E-state index in [4.69, 9.17) is 4.74 Å². The summed E-state index contributed by atoms with van der Waals surface area (Å²) < 4.78 is 5.29. The van der Waals surface area contributed by atoms with Gasteiger partial charge in [-0.05, 0) is 24.0 Å². The number of rotatable bonds is 3. The number of ether oxygens (including phenoxy) is 1. The first kappa shape index (κ1) is 12.1. The fourth-order valence-electron chi connectivity index (χ4n) is 2.74. The van der Waals surface area contributed by atoms with Crippen molar-refractivity contribution in [2.75, 3.05) is 12.0 Å². The highest BCUT2D eigenvalue weighted by molar-refractivity contribution is 5.94. The van der Waals surface area contributed by atoms with Gasteiger partial charge < -0.3 is 10.1 Å². The molecule has 0 spiro atoms. The van der Waals surface area contributed by atoms with Crippen LogP contribution < -0.4 is 10.7 Å². The first-order valence-corrected chi connectivity index (χ1v) is 6.97. The summed E-state index contributed by atoms with van der Waals surface area (Å²) in [5, 5.41) is 7.40. The van der Waals surface area contributed by atoms with Crippen LogP contribution in [0.25, 0.3) is 0 Å². The number of hydrazone groups is 1. The molecular weight excluding hydrogens is 266 g/mol. The van der Waals surface area contributed by atoms with Crippen LogP contribution in [0.5, 0.6) is 0 Å². The third kappa shape index (κ3) is 2.40. The molecule has 1 aromatic heterocycles. The van der Waals surface area contributed by atoms with E-state index in [2.05, 4.69) is 50.1 Å². The molecule has 106 valence electrons. The van der Waals surface area contributed by atoms with Gasteiger partial charge in [0, 0.05) is 18.4 Å². The van der Waals surface area contributed by atoms with Crippen LogP contribution in [0.3, 0.4) is 0 Å². The molecule has 1 aromatic carbocycles. The van der Waals surface area contributed by atoms with Crippen molar-refractivity contribution in [1.29, 1.82) is 0 Å². The van der Waals surface area contributed by atoms with Gasteiger partial charge in [-0.25, -0.2) is 9.97 Å². The Bertz CT molecular complexity index is 658. The summed E-state index contributed by atoms with van der Waals surface area (Å²) in [6.45, 7) is 0.398. The van der Waals surface area contributed by atoms with Crippen LogP contribution in [0.15, 0.2) is 41.8 Å². The van der Waals surface area contributed by atoms with Gasteiger partial charge in [-0.15, -0.1) is 5.10 Å². The van der Waals surface area contributed by atoms with Crippen molar-refractivity contribution in [3.05, 3.63) is 53.3 Å². The van der Waals surface area contributed by atoms with E-state index in [1.807, 2.05) is 0 Å². The Labute approximate surface area is 122 Å². The molecule has 2 N–H and O–H groups in total. The van der Waals surface area contributed by atoms with Crippen molar-refractivity contribution >= 4 is 11.8 Å². The zero-order chi connectivity index (χ0) is 14.1. The lowest BCUT2D eigenvalue weighted by Gasteiger charge is -2.11. The largest absolute Gasteiger partial charge is 0.453 e. The van der Waals surface area contributed by atoms with E-state index in [9.17, 15) is 0 Å². The first-order chi connectivity index (χ1) is 10.4. The Balaban J connectivity index is 1.44. The predicted molar refractivity (Wildman–Crippen MR) is 78.9 cm³/mol. The third-order valence-electron chi connectivity index (χ3n) is 3.74. The Morgan fingerprint density at radius 2 is 1.81 bits per heavy atom. The molecule has 0 amide bonds. The van der Waals surface area contributed by atoms with E-state index < -0.39 is 0 Å². The number of nitrogens with zero attached hydrogens (tertiary/aromatic N) is 3. The summed E-state index contributed by atoms with van der Waals surface area (Å²) in [6.07, 6.45) is 5.48. The highest BCUT2D eigenvalue weighted by atomic mass is 16.5. The summed E-state index contributed by atoms with van der Waals surface area (Å²) in [6, 6.07) is 8.90. The van der Waals surface area contributed by atoms with Crippen molar-refractivity contribution in [3.8, 4) is 0 Å². The number of hydrogen-bond donors (Lipinski definition) is 2. The summed E-state index contributed by atoms with van der Waals surface area (Å²) in [5.74, 6) is 1.18. The second kappa shape index (κ2) is 5.05. The smallest absolute Gasteiger partial charge is 0.242 e. The highest BCUT2D eigenvalue weighted by Crippen LogP contribution is 2.23. The molecule has 6 nitrogen and oxygen atoms in total. The van der Waals surface area contributed by atoms with Crippen molar-refractivity contribution in [3.63, 3.8) is 0 Å². The van der Waals surface area contributed by atoms with Gasteiger partial charge in [0.2, 0.25) is 11.8 Å². The summed E-state index contributed by atoms with van der Waals surface area (Å²) in [4.78, 5) is 8.68. The summed E-state index contributed by atoms with van der Waals surface area (Å²) in [7, 11) is 0. The molecule has 0 atom stereocenters. The molecular formula is C15H15N5O. The molecule has 0 fully saturated rings. The minimum absolute atomic E-state index is 0.356. The lowest BCUT2D eigenvalue weighted by atomic mass is 10.1. The molecule has 1 aliphatic heterocycles. The average molecular weight is 281 g/mol. The number of benzene rings is 1. The van der Waals surface area contributed by atoms with Crippen LogP contribution in [0, 0.1) is 0 Å². The maximum atomic E-state index is 5.29. The van der Waals surface area contributed by atoms with Gasteiger partial charge in [0.25, 0.3) is 0 Å². The minimum Gasteiger partial charge on any atom is -0.453 e. The van der Waals surface area contributed by atoms with Crippen LogP contribution in [0.4, 0.5) is 5.95 Å². The van der Waals surface area contributed by atoms with Crippen LogP contribution in [0.1, 0.15) is 16.7 Å². The lowest BCUT2D eigenvalue weighted by molar-refractivity contribution is 0.316. The third-order valence-corrected chi connectivity index (χ3v) is 3.74. The molecule has 2 aliphatic rings. The zero-order valence-corrected chi connectivity index (χ0v) is 11.4. The minimum atomic E-state index is 0.356. The number of nitrogens with one attached hydrogen (secondary N) is 2.